The standard InChI is InChI=1S/C21H25ClN2O2/c1-16-4-3-5-19(14-16)15-21(26)23-11-13-24(17(2)25)12-10-18-6-8-20(22)9-7-18/h3-9,14H,10-13,15H2,1-2H3,(H,23,26). The first kappa shape index (κ1) is 20.0. The fourth-order valence-corrected chi connectivity index (χ4v) is 2.87. The monoisotopic (exact) mass is 372 g/mol. The molecule has 0 saturated heterocycles. The van der Waals surface area contributed by atoms with Crippen molar-refractivity contribution in [3.05, 3.63) is 70.2 Å². The first-order chi connectivity index (χ1) is 12.4. The highest BCUT2D eigenvalue weighted by Crippen LogP contribution is 2.10. The topological polar surface area (TPSA) is 49.4 Å². The van der Waals surface area contributed by atoms with Crippen molar-refractivity contribution in [2.75, 3.05) is 19.6 Å². The van der Waals surface area contributed by atoms with Crippen molar-refractivity contribution in [1.29, 1.82) is 0 Å². The van der Waals surface area contributed by atoms with Gasteiger partial charge in [0.2, 0.25) is 11.8 Å². The molecule has 0 bridgehead atoms. The Morgan fingerprint density at radius 2 is 1.77 bits per heavy atom. The average Bonchev–Trinajstić information content (AvgIpc) is 2.59. The van der Waals surface area contributed by atoms with Gasteiger partial charge < -0.3 is 10.2 Å². The normalized spacial score (nSPS) is 10.4. The van der Waals surface area contributed by atoms with Gasteiger partial charge in [-0.1, -0.05) is 53.6 Å². The quantitative estimate of drug-likeness (QED) is 0.772. The molecule has 0 radical (unpaired) electrons. The van der Waals surface area contributed by atoms with Crippen LogP contribution in [-0.2, 0) is 22.4 Å². The third-order valence-corrected chi connectivity index (χ3v) is 4.43. The SMILES string of the molecule is CC(=O)N(CCNC(=O)Cc1cccc(C)c1)CCc1ccc(Cl)cc1. The van der Waals surface area contributed by atoms with Crippen LogP contribution in [-0.4, -0.2) is 36.3 Å². The van der Waals surface area contributed by atoms with Gasteiger partial charge >= 0.3 is 0 Å². The van der Waals surface area contributed by atoms with Crippen molar-refractivity contribution in [2.45, 2.75) is 26.7 Å². The Balaban J connectivity index is 1.76. The van der Waals surface area contributed by atoms with E-state index in [0.29, 0.717) is 31.1 Å². The molecule has 0 aromatic heterocycles. The van der Waals surface area contributed by atoms with E-state index in [0.717, 1.165) is 23.1 Å². The molecule has 0 aliphatic rings. The fraction of sp³-hybridized carbons (Fsp3) is 0.333. The molecule has 2 aromatic rings. The van der Waals surface area contributed by atoms with Crippen LogP contribution in [0, 0.1) is 6.92 Å². The van der Waals surface area contributed by atoms with Gasteiger partial charge in [-0.15, -0.1) is 0 Å². The number of aryl methyl sites for hydroxylation is 1. The maximum atomic E-state index is 12.1. The van der Waals surface area contributed by atoms with Gasteiger partial charge in [0, 0.05) is 31.6 Å². The molecule has 1 N–H and O–H groups in total. The number of nitrogens with zero attached hydrogens (tertiary/aromatic N) is 1. The summed E-state index contributed by atoms with van der Waals surface area (Å²) < 4.78 is 0. The van der Waals surface area contributed by atoms with Crippen LogP contribution >= 0.6 is 11.6 Å². The van der Waals surface area contributed by atoms with Crippen molar-refractivity contribution in [3.63, 3.8) is 0 Å². The number of carbonyl (C=O) groups excluding carboxylic acids is 2. The van der Waals surface area contributed by atoms with Gasteiger partial charge in [0.05, 0.1) is 6.42 Å². The van der Waals surface area contributed by atoms with E-state index in [1.165, 1.54) is 0 Å². The molecule has 2 aromatic carbocycles. The van der Waals surface area contributed by atoms with E-state index in [2.05, 4.69) is 5.32 Å². The molecule has 2 rings (SSSR count). The zero-order valence-electron chi connectivity index (χ0n) is 15.3. The van der Waals surface area contributed by atoms with Gasteiger partial charge in [-0.3, -0.25) is 9.59 Å². The maximum absolute atomic E-state index is 12.1. The molecular formula is C21H25ClN2O2. The first-order valence-electron chi connectivity index (χ1n) is 8.76. The Kier molecular flexibility index (Phi) is 7.67. The average molecular weight is 373 g/mol. The predicted octanol–water partition coefficient (Wildman–Crippen LogP) is 3.40. The lowest BCUT2D eigenvalue weighted by molar-refractivity contribution is -0.129. The van der Waals surface area contributed by atoms with Crippen LogP contribution in [0.3, 0.4) is 0 Å². The van der Waals surface area contributed by atoms with Gasteiger partial charge in [0.15, 0.2) is 0 Å². The summed E-state index contributed by atoms with van der Waals surface area (Å²) in [5, 5.41) is 3.59. The van der Waals surface area contributed by atoms with Crippen LogP contribution in [0.4, 0.5) is 0 Å². The minimum absolute atomic E-state index is 0.00639. The molecule has 0 spiro atoms. The zero-order chi connectivity index (χ0) is 18.9. The molecule has 4 nitrogen and oxygen atoms in total. The summed E-state index contributed by atoms with van der Waals surface area (Å²) in [6, 6.07) is 15.5. The van der Waals surface area contributed by atoms with Crippen LogP contribution in [0.2, 0.25) is 5.02 Å². The number of hydrogen-bond donors (Lipinski definition) is 1. The van der Waals surface area contributed by atoms with Gasteiger partial charge in [-0.2, -0.15) is 0 Å². The Morgan fingerprint density at radius 3 is 2.42 bits per heavy atom. The van der Waals surface area contributed by atoms with Gasteiger partial charge in [0.25, 0.3) is 0 Å². The second-order valence-corrected chi connectivity index (χ2v) is 6.83. The summed E-state index contributed by atoms with van der Waals surface area (Å²) in [4.78, 5) is 25.6. The van der Waals surface area contributed by atoms with Gasteiger partial charge in [-0.05, 0) is 36.6 Å². The smallest absolute Gasteiger partial charge is 0.224 e. The molecular weight excluding hydrogens is 348 g/mol. The van der Waals surface area contributed by atoms with Crippen LogP contribution < -0.4 is 5.32 Å². The van der Waals surface area contributed by atoms with Crippen molar-refractivity contribution in [2.24, 2.45) is 0 Å². The highest BCUT2D eigenvalue weighted by atomic mass is 35.5. The molecule has 26 heavy (non-hydrogen) atoms. The molecule has 0 saturated carbocycles. The van der Waals surface area contributed by atoms with E-state index in [1.807, 2.05) is 55.5 Å². The van der Waals surface area contributed by atoms with Crippen molar-refractivity contribution in [1.82, 2.24) is 10.2 Å². The summed E-state index contributed by atoms with van der Waals surface area (Å²) in [6.07, 6.45) is 1.11. The molecule has 2 amide bonds. The van der Waals surface area contributed by atoms with Crippen molar-refractivity contribution < 1.29 is 9.59 Å². The number of benzene rings is 2. The summed E-state index contributed by atoms with van der Waals surface area (Å²) >= 11 is 5.88. The lowest BCUT2D eigenvalue weighted by Crippen LogP contribution is -2.39. The number of carbonyl (C=O) groups is 2. The molecule has 5 heteroatoms. The summed E-state index contributed by atoms with van der Waals surface area (Å²) in [6.45, 7) is 5.13. The van der Waals surface area contributed by atoms with E-state index >= 15 is 0 Å². The van der Waals surface area contributed by atoms with Crippen molar-refractivity contribution in [3.8, 4) is 0 Å². The molecule has 0 unspecified atom stereocenters. The highest BCUT2D eigenvalue weighted by molar-refractivity contribution is 6.30. The minimum Gasteiger partial charge on any atom is -0.354 e. The Labute approximate surface area is 160 Å². The third-order valence-electron chi connectivity index (χ3n) is 4.18. The van der Waals surface area contributed by atoms with Crippen LogP contribution in [0.1, 0.15) is 23.6 Å². The van der Waals surface area contributed by atoms with Gasteiger partial charge in [-0.25, -0.2) is 0 Å². The highest BCUT2D eigenvalue weighted by Gasteiger charge is 2.10. The number of amides is 2. The second-order valence-electron chi connectivity index (χ2n) is 6.40. The number of hydrogen-bond acceptors (Lipinski definition) is 2. The summed E-state index contributed by atoms with van der Waals surface area (Å²) in [5.41, 5.74) is 3.26. The predicted molar refractivity (Wildman–Crippen MR) is 105 cm³/mol. The van der Waals surface area contributed by atoms with Gasteiger partial charge in [0.1, 0.15) is 0 Å². The fourth-order valence-electron chi connectivity index (χ4n) is 2.74. The molecule has 0 fully saturated rings. The van der Waals surface area contributed by atoms with E-state index < -0.39 is 0 Å². The number of halogens is 1. The van der Waals surface area contributed by atoms with Crippen LogP contribution in [0.25, 0.3) is 0 Å². The molecule has 0 heterocycles. The zero-order valence-corrected chi connectivity index (χ0v) is 16.1. The number of rotatable bonds is 8. The van der Waals surface area contributed by atoms with E-state index in [9.17, 15) is 9.59 Å². The minimum atomic E-state index is -0.0307. The summed E-state index contributed by atoms with van der Waals surface area (Å²) in [7, 11) is 0. The lowest BCUT2D eigenvalue weighted by atomic mass is 10.1. The molecule has 0 aliphatic heterocycles. The molecule has 0 aliphatic carbocycles. The Morgan fingerprint density at radius 1 is 1.04 bits per heavy atom. The largest absolute Gasteiger partial charge is 0.354 e. The molecule has 0 atom stereocenters. The molecule has 138 valence electrons. The number of nitrogens with one attached hydrogen (secondary N) is 1. The van der Waals surface area contributed by atoms with Crippen molar-refractivity contribution >= 4 is 23.4 Å². The maximum Gasteiger partial charge on any atom is 0.224 e. The first-order valence-corrected chi connectivity index (χ1v) is 9.14. The van der Waals surface area contributed by atoms with Crippen LogP contribution in [0.5, 0.6) is 0 Å². The Hall–Kier alpha value is -2.33. The van der Waals surface area contributed by atoms with E-state index in [1.54, 1.807) is 11.8 Å². The van der Waals surface area contributed by atoms with Crippen LogP contribution in [0.15, 0.2) is 48.5 Å². The Bertz CT molecular complexity index is 744. The van der Waals surface area contributed by atoms with E-state index in [-0.39, 0.29) is 11.8 Å². The lowest BCUT2D eigenvalue weighted by Gasteiger charge is -2.21. The summed E-state index contributed by atoms with van der Waals surface area (Å²) in [5.74, 6) is -0.0244. The third kappa shape index (κ3) is 6.89. The second kappa shape index (κ2) is 9.97. The van der Waals surface area contributed by atoms with E-state index in [4.69, 9.17) is 11.6 Å².